The number of hydrogen-bond acceptors (Lipinski definition) is 2. The third-order valence-electron chi connectivity index (χ3n) is 4.92. The average Bonchev–Trinajstić information content (AvgIpc) is 2.67. The highest BCUT2D eigenvalue weighted by molar-refractivity contribution is 8.07. The van der Waals surface area contributed by atoms with Crippen molar-refractivity contribution < 1.29 is 28.6 Å². The van der Waals surface area contributed by atoms with Crippen LogP contribution in [-0.4, -0.2) is 38.5 Å². The van der Waals surface area contributed by atoms with Gasteiger partial charge in [0.25, 0.3) is 0 Å². The first-order chi connectivity index (χ1) is 13.1. The van der Waals surface area contributed by atoms with Gasteiger partial charge in [0, 0.05) is 36.8 Å². The second-order valence-corrected chi connectivity index (χ2v) is 9.79. The minimum atomic E-state index is 0. The predicted octanol–water partition coefficient (Wildman–Crippen LogP) is 2.91. The van der Waals surface area contributed by atoms with Gasteiger partial charge in [0.1, 0.15) is 14.1 Å². The molecule has 1 aliphatic heterocycles. The Morgan fingerprint density at radius 1 is 0.862 bits per heavy atom. The normalized spacial score (nSPS) is 16.3. The lowest BCUT2D eigenvalue weighted by Gasteiger charge is -2.27. The minimum absolute atomic E-state index is 0. The molecule has 0 unspecified atom stereocenters. The van der Waals surface area contributed by atoms with E-state index in [0.717, 1.165) is 0 Å². The fourth-order valence-corrected chi connectivity index (χ4v) is 4.22. The Kier molecular flexibility index (Phi) is 7.80. The molecule has 4 heteroatoms. The van der Waals surface area contributed by atoms with Crippen LogP contribution in [-0.2, 0) is 0 Å². The molecule has 1 aromatic carbocycles. The van der Waals surface area contributed by atoms with Crippen LogP contribution in [0.1, 0.15) is 26.3 Å². The van der Waals surface area contributed by atoms with Crippen LogP contribution in [0.2, 0.25) is 0 Å². The molecule has 29 heavy (non-hydrogen) atoms. The first-order valence-electron chi connectivity index (χ1n) is 9.69. The SMILES string of the molecule is CN(C)c1ccc(C2=CC(=C3C=CC(=[N+](C)C)C=C3)SC(C(C)(C)C)=C2)cc1.[I-]. The third kappa shape index (κ3) is 5.76. The van der Waals surface area contributed by atoms with E-state index in [2.05, 4.69) is 119 Å². The van der Waals surface area contributed by atoms with E-state index < -0.39 is 0 Å². The van der Waals surface area contributed by atoms with E-state index in [-0.39, 0.29) is 29.4 Å². The van der Waals surface area contributed by atoms with Gasteiger partial charge in [0.2, 0.25) is 0 Å². The Morgan fingerprint density at radius 3 is 1.93 bits per heavy atom. The maximum atomic E-state index is 2.35. The number of halogens is 1. The highest BCUT2D eigenvalue weighted by Gasteiger charge is 2.24. The van der Waals surface area contributed by atoms with Crippen LogP contribution in [0.3, 0.4) is 0 Å². The molecule has 1 aromatic rings. The molecule has 0 saturated carbocycles. The fourth-order valence-electron chi connectivity index (χ4n) is 3.06. The average molecular weight is 519 g/mol. The van der Waals surface area contributed by atoms with Crippen LogP contribution in [0.25, 0.3) is 5.57 Å². The monoisotopic (exact) mass is 518 g/mol. The summed E-state index contributed by atoms with van der Waals surface area (Å²) >= 11 is 1.89. The molecule has 0 amide bonds. The largest absolute Gasteiger partial charge is 1.00 e. The summed E-state index contributed by atoms with van der Waals surface area (Å²) in [6.07, 6.45) is 13.5. The van der Waals surface area contributed by atoms with Crippen molar-refractivity contribution in [2.75, 3.05) is 33.1 Å². The molecule has 2 aliphatic rings. The van der Waals surface area contributed by atoms with Gasteiger partial charge < -0.3 is 28.9 Å². The second-order valence-electron chi connectivity index (χ2n) is 8.71. The van der Waals surface area contributed by atoms with Gasteiger partial charge in [-0.25, -0.2) is 4.58 Å². The predicted molar refractivity (Wildman–Crippen MR) is 126 cm³/mol. The van der Waals surface area contributed by atoms with Gasteiger partial charge in [0.05, 0.1) is 0 Å². The zero-order valence-electron chi connectivity index (χ0n) is 18.5. The maximum Gasteiger partial charge on any atom is 0.199 e. The summed E-state index contributed by atoms with van der Waals surface area (Å²) in [4.78, 5) is 4.84. The molecule has 3 rings (SSSR count). The van der Waals surface area contributed by atoms with Gasteiger partial charge in [0.15, 0.2) is 5.71 Å². The summed E-state index contributed by atoms with van der Waals surface area (Å²) in [5.41, 5.74) is 6.37. The van der Waals surface area contributed by atoms with E-state index in [4.69, 9.17) is 0 Å². The van der Waals surface area contributed by atoms with Gasteiger partial charge in [-0.05, 0) is 63.5 Å². The number of thioether (sulfide) groups is 1. The van der Waals surface area contributed by atoms with E-state index in [9.17, 15) is 0 Å². The molecular formula is C25H31IN2S. The van der Waals surface area contributed by atoms with Crippen molar-refractivity contribution in [1.29, 1.82) is 0 Å². The highest BCUT2D eigenvalue weighted by Crippen LogP contribution is 2.46. The van der Waals surface area contributed by atoms with Crippen molar-refractivity contribution in [1.82, 2.24) is 0 Å². The summed E-state index contributed by atoms with van der Waals surface area (Å²) in [5.74, 6) is 0. The lowest BCUT2D eigenvalue weighted by atomic mass is 9.92. The Hall–Kier alpha value is -1.53. The standard InChI is InChI=1S/C25H31N2S.HI/c1-25(2,3)24-17-20(18-8-12-21(13-9-18)26(4)5)16-23(28-24)19-10-14-22(15-11-19)27(6)7;/h8-17H,1-7H3;1H/q+1;/p-1. The first kappa shape index (κ1) is 23.7. The lowest BCUT2D eigenvalue weighted by molar-refractivity contribution is -0.462. The highest BCUT2D eigenvalue weighted by atomic mass is 127. The van der Waals surface area contributed by atoms with Crippen molar-refractivity contribution in [3.63, 3.8) is 0 Å². The van der Waals surface area contributed by atoms with E-state index in [1.807, 2.05) is 11.8 Å². The molecule has 0 aromatic heterocycles. The number of nitrogens with zero attached hydrogens (tertiary/aromatic N) is 2. The number of allylic oxidation sites excluding steroid dienone is 9. The molecule has 0 atom stereocenters. The Balaban J connectivity index is 0.00000300. The molecule has 0 spiro atoms. The molecule has 154 valence electrons. The molecular weight excluding hydrogens is 487 g/mol. The zero-order chi connectivity index (χ0) is 20.5. The molecule has 0 fully saturated rings. The minimum Gasteiger partial charge on any atom is -1.00 e. The maximum absolute atomic E-state index is 2.35. The van der Waals surface area contributed by atoms with Crippen LogP contribution in [0.15, 0.2) is 76.1 Å². The van der Waals surface area contributed by atoms with Gasteiger partial charge in [-0.15, -0.1) is 0 Å². The van der Waals surface area contributed by atoms with E-state index in [1.54, 1.807) is 0 Å². The fraction of sp³-hybridized carbons (Fsp3) is 0.320. The topological polar surface area (TPSA) is 6.25 Å². The molecule has 1 aliphatic carbocycles. The molecule has 0 saturated heterocycles. The van der Waals surface area contributed by atoms with Crippen LogP contribution < -0.4 is 28.9 Å². The van der Waals surface area contributed by atoms with Crippen molar-refractivity contribution in [2.24, 2.45) is 5.41 Å². The van der Waals surface area contributed by atoms with E-state index >= 15 is 0 Å². The lowest BCUT2D eigenvalue weighted by Crippen LogP contribution is -3.00. The molecule has 0 radical (unpaired) electrons. The number of anilines is 1. The van der Waals surface area contributed by atoms with Crippen molar-refractivity contribution >= 4 is 28.7 Å². The summed E-state index contributed by atoms with van der Waals surface area (Å²) in [6, 6.07) is 8.82. The van der Waals surface area contributed by atoms with Crippen LogP contribution in [0.5, 0.6) is 0 Å². The van der Waals surface area contributed by atoms with Crippen LogP contribution >= 0.6 is 11.8 Å². The Morgan fingerprint density at radius 2 is 1.45 bits per heavy atom. The summed E-state index contributed by atoms with van der Waals surface area (Å²) < 4.78 is 2.14. The number of benzene rings is 1. The van der Waals surface area contributed by atoms with Crippen LogP contribution in [0.4, 0.5) is 5.69 Å². The third-order valence-corrected chi connectivity index (χ3v) is 6.44. The van der Waals surface area contributed by atoms with E-state index in [0.29, 0.717) is 0 Å². The number of rotatable bonds is 2. The molecule has 2 nitrogen and oxygen atoms in total. The van der Waals surface area contributed by atoms with Crippen molar-refractivity contribution in [2.45, 2.75) is 20.8 Å². The van der Waals surface area contributed by atoms with Crippen molar-refractivity contribution in [3.8, 4) is 0 Å². The summed E-state index contributed by atoms with van der Waals surface area (Å²) in [6.45, 7) is 6.87. The quantitative estimate of drug-likeness (QED) is 0.439. The first-order valence-corrected chi connectivity index (χ1v) is 10.5. The molecule has 0 N–H and O–H groups in total. The Bertz CT molecular complexity index is 928. The van der Waals surface area contributed by atoms with Gasteiger partial charge >= 0.3 is 0 Å². The van der Waals surface area contributed by atoms with Crippen LogP contribution in [0, 0.1) is 5.41 Å². The zero-order valence-corrected chi connectivity index (χ0v) is 21.4. The van der Waals surface area contributed by atoms with Crippen molar-refractivity contribution in [3.05, 3.63) is 81.7 Å². The van der Waals surface area contributed by atoms with Gasteiger partial charge in [-0.2, -0.15) is 0 Å². The smallest absolute Gasteiger partial charge is 0.199 e. The molecule has 1 heterocycles. The second kappa shape index (κ2) is 9.52. The Labute approximate surface area is 197 Å². The van der Waals surface area contributed by atoms with Gasteiger partial charge in [-0.3, -0.25) is 0 Å². The summed E-state index contributed by atoms with van der Waals surface area (Å²) in [5, 5.41) is 0. The summed E-state index contributed by atoms with van der Waals surface area (Å²) in [7, 11) is 8.31. The van der Waals surface area contributed by atoms with E-state index in [1.165, 1.54) is 37.9 Å². The van der Waals surface area contributed by atoms with Gasteiger partial charge in [-0.1, -0.05) is 44.7 Å². The molecule has 0 bridgehead atoms. The number of hydrogen-bond donors (Lipinski definition) is 0.